The fraction of sp³-hybridized carbons (Fsp3) is 0.292. The van der Waals surface area contributed by atoms with Crippen molar-refractivity contribution in [2.75, 3.05) is 39.1 Å². The van der Waals surface area contributed by atoms with Crippen LogP contribution in [0.4, 0.5) is 10.5 Å². The number of aromatic nitrogens is 2. The summed E-state index contributed by atoms with van der Waals surface area (Å²) in [5.74, 6) is 0.757. The number of anilines is 1. The SMILES string of the molecule is CCNC(=O)Nc1cccc(Cn2nc(-c3cccc(OCCN(C)C)c3)ccc2=O)c1.Cl. The highest BCUT2D eigenvalue weighted by molar-refractivity contribution is 5.89. The maximum absolute atomic E-state index is 12.4. The van der Waals surface area contributed by atoms with E-state index in [1.54, 1.807) is 12.1 Å². The van der Waals surface area contributed by atoms with Crippen molar-refractivity contribution in [1.82, 2.24) is 20.0 Å². The molecule has 1 heterocycles. The summed E-state index contributed by atoms with van der Waals surface area (Å²) in [5, 5.41) is 10.0. The number of urea groups is 1. The first-order valence-electron chi connectivity index (χ1n) is 10.5. The Morgan fingerprint density at radius 2 is 1.88 bits per heavy atom. The smallest absolute Gasteiger partial charge is 0.319 e. The Labute approximate surface area is 200 Å². The fourth-order valence-electron chi connectivity index (χ4n) is 3.06. The average molecular weight is 472 g/mol. The lowest BCUT2D eigenvalue weighted by Crippen LogP contribution is -2.28. The summed E-state index contributed by atoms with van der Waals surface area (Å²) in [7, 11) is 4.00. The van der Waals surface area contributed by atoms with Crippen LogP contribution in [0, 0.1) is 0 Å². The Kier molecular flexibility index (Phi) is 9.90. The maximum Gasteiger partial charge on any atom is 0.319 e. The fourth-order valence-corrected chi connectivity index (χ4v) is 3.06. The molecule has 0 spiro atoms. The second-order valence-corrected chi connectivity index (χ2v) is 7.58. The molecule has 0 atom stereocenters. The highest BCUT2D eigenvalue weighted by atomic mass is 35.5. The molecule has 0 aliphatic carbocycles. The van der Waals surface area contributed by atoms with Gasteiger partial charge in [-0.25, -0.2) is 9.48 Å². The average Bonchev–Trinajstić information content (AvgIpc) is 2.76. The number of rotatable bonds is 9. The zero-order chi connectivity index (χ0) is 22.9. The lowest BCUT2D eigenvalue weighted by molar-refractivity contribution is 0.252. The van der Waals surface area contributed by atoms with Crippen LogP contribution in [0.15, 0.2) is 65.5 Å². The second-order valence-electron chi connectivity index (χ2n) is 7.58. The van der Waals surface area contributed by atoms with Gasteiger partial charge < -0.3 is 20.3 Å². The van der Waals surface area contributed by atoms with E-state index >= 15 is 0 Å². The third kappa shape index (κ3) is 7.93. The van der Waals surface area contributed by atoms with Gasteiger partial charge in [0.25, 0.3) is 5.56 Å². The van der Waals surface area contributed by atoms with Gasteiger partial charge >= 0.3 is 6.03 Å². The summed E-state index contributed by atoms with van der Waals surface area (Å²) < 4.78 is 7.23. The first-order chi connectivity index (χ1) is 15.4. The van der Waals surface area contributed by atoms with Crippen molar-refractivity contribution in [3.05, 3.63) is 76.6 Å². The first kappa shape index (κ1) is 25.9. The molecule has 0 unspecified atom stereocenters. The van der Waals surface area contributed by atoms with E-state index in [0.29, 0.717) is 24.5 Å². The number of carbonyl (C=O) groups excluding carboxylic acids is 1. The molecule has 1 aromatic heterocycles. The largest absolute Gasteiger partial charge is 0.492 e. The van der Waals surface area contributed by atoms with E-state index in [0.717, 1.165) is 23.4 Å². The van der Waals surface area contributed by atoms with Gasteiger partial charge in [-0.1, -0.05) is 24.3 Å². The number of nitrogens with zero attached hydrogens (tertiary/aromatic N) is 3. The summed E-state index contributed by atoms with van der Waals surface area (Å²) in [4.78, 5) is 26.2. The van der Waals surface area contributed by atoms with Gasteiger partial charge in [-0.2, -0.15) is 5.10 Å². The molecule has 176 valence electrons. The highest BCUT2D eigenvalue weighted by Gasteiger charge is 2.07. The zero-order valence-corrected chi connectivity index (χ0v) is 19.9. The van der Waals surface area contributed by atoms with Crippen LogP contribution in [0.5, 0.6) is 5.75 Å². The van der Waals surface area contributed by atoms with Crippen LogP contribution in [0.2, 0.25) is 0 Å². The van der Waals surface area contributed by atoms with Gasteiger partial charge in [0.05, 0.1) is 12.2 Å². The Morgan fingerprint density at radius 3 is 2.64 bits per heavy atom. The summed E-state index contributed by atoms with van der Waals surface area (Å²) >= 11 is 0. The number of hydrogen-bond acceptors (Lipinski definition) is 5. The van der Waals surface area contributed by atoms with E-state index in [1.165, 1.54) is 10.7 Å². The molecular formula is C24H30ClN5O3. The maximum atomic E-state index is 12.4. The van der Waals surface area contributed by atoms with Gasteiger partial charge in [0.2, 0.25) is 0 Å². The van der Waals surface area contributed by atoms with E-state index in [2.05, 4.69) is 20.6 Å². The minimum atomic E-state index is -0.269. The van der Waals surface area contributed by atoms with E-state index in [4.69, 9.17) is 4.74 Å². The molecule has 0 saturated heterocycles. The van der Waals surface area contributed by atoms with Crippen LogP contribution in [-0.4, -0.2) is 54.5 Å². The molecule has 2 aromatic carbocycles. The number of hydrogen-bond donors (Lipinski definition) is 2. The normalized spacial score (nSPS) is 10.4. The van der Waals surface area contributed by atoms with Crippen LogP contribution in [0.25, 0.3) is 11.3 Å². The minimum Gasteiger partial charge on any atom is -0.492 e. The van der Waals surface area contributed by atoms with Gasteiger partial charge in [-0.05, 0) is 56.9 Å². The topological polar surface area (TPSA) is 88.5 Å². The minimum absolute atomic E-state index is 0. The number of ether oxygens (including phenoxy) is 1. The van der Waals surface area contributed by atoms with Gasteiger partial charge in [-0.3, -0.25) is 4.79 Å². The standard InChI is InChI=1S/C24H29N5O3.ClH/c1-4-25-24(31)26-20-9-5-7-18(15-20)17-29-23(30)12-11-22(27-29)19-8-6-10-21(16-19)32-14-13-28(2)3;/h5-12,15-16H,4,13-14,17H2,1-3H3,(H2,25,26,31);1H. The number of halogens is 1. The predicted octanol–water partition coefficient (Wildman–Crippen LogP) is 3.46. The monoisotopic (exact) mass is 471 g/mol. The molecule has 0 radical (unpaired) electrons. The lowest BCUT2D eigenvalue weighted by Gasteiger charge is -2.12. The van der Waals surface area contributed by atoms with E-state index in [9.17, 15) is 9.59 Å². The van der Waals surface area contributed by atoms with Crippen molar-refractivity contribution in [3.8, 4) is 17.0 Å². The van der Waals surface area contributed by atoms with E-state index in [-0.39, 0.29) is 30.5 Å². The van der Waals surface area contributed by atoms with Crippen molar-refractivity contribution in [2.24, 2.45) is 0 Å². The molecule has 3 rings (SSSR count). The van der Waals surface area contributed by atoms with Crippen LogP contribution in [-0.2, 0) is 6.54 Å². The van der Waals surface area contributed by atoms with E-state index in [1.807, 2.05) is 63.5 Å². The van der Waals surface area contributed by atoms with E-state index < -0.39 is 0 Å². The molecule has 2 N–H and O–H groups in total. The molecule has 33 heavy (non-hydrogen) atoms. The third-order valence-corrected chi connectivity index (χ3v) is 4.66. The summed E-state index contributed by atoms with van der Waals surface area (Å²) in [6.07, 6.45) is 0. The molecule has 3 aromatic rings. The summed E-state index contributed by atoms with van der Waals surface area (Å²) in [6.45, 7) is 4.09. The van der Waals surface area contributed by atoms with Crippen LogP contribution >= 0.6 is 12.4 Å². The Hall–Kier alpha value is -3.36. The van der Waals surface area contributed by atoms with Gasteiger partial charge in [-0.15, -0.1) is 12.4 Å². The van der Waals surface area contributed by atoms with Gasteiger partial charge in [0.15, 0.2) is 0 Å². The Morgan fingerprint density at radius 1 is 1.09 bits per heavy atom. The predicted molar refractivity (Wildman–Crippen MR) is 133 cm³/mol. The number of carbonyl (C=O) groups is 1. The second kappa shape index (κ2) is 12.6. The molecule has 0 saturated carbocycles. The highest BCUT2D eigenvalue weighted by Crippen LogP contribution is 2.22. The molecule has 0 bridgehead atoms. The van der Waals surface area contributed by atoms with Crippen LogP contribution in [0.1, 0.15) is 12.5 Å². The van der Waals surface area contributed by atoms with Crippen molar-refractivity contribution in [3.63, 3.8) is 0 Å². The Balaban J connectivity index is 0.00000385. The van der Waals surface area contributed by atoms with Crippen LogP contribution in [0.3, 0.4) is 0 Å². The van der Waals surface area contributed by atoms with Crippen molar-refractivity contribution < 1.29 is 9.53 Å². The third-order valence-electron chi connectivity index (χ3n) is 4.66. The van der Waals surface area contributed by atoms with Crippen molar-refractivity contribution in [2.45, 2.75) is 13.5 Å². The molecule has 0 fully saturated rings. The molecular weight excluding hydrogens is 442 g/mol. The number of benzene rings is 2. The number of nitrogens with one attached hydrogen (secondary N) is 2. The first-order valence-corrected chi connectivity index (χ1v) is 10.5. The zero-order valence-electron chi connectivity index (χ0n) is 19.1. The van der Waals surface area contributed by atoms with Gasteiger partial charge in [0.1, 0.15) is 12.4 Å². The van der Waals surface area contributed by atoms with Crippen molar-refractivity contribution >= 4 is 24.1 Å². The molecule has 0 aliphatic heterocycles. The van der Waals surface area contributed by atoms with Crippen LogP contribution < -0.4 is 20.9 Å². The number of likely N-dealkylation sites (N-methyl/N-ethyl adjacent to an activating group) is 1. The molecule has 0 aliphatic rings. The summed E-state index contributed by atoms with van der Waals surface area (Å²) in [5.41, 5.74) is 2.85. The number of amides is 2. The molecule has 8 nitrogen and oxygen atoms in total. The molecule has 2 amide bonds. The van der Waals surface area contributed by atoms with Gasteiger partial charge in [0, 0.05) is 30.4 Å². The quantitative estimate of drug-likeness (QED) is 0.499. The van der Waals surface area contributed by atoms with Crippen molar-refractivity contribution in [1.29, 1.82) is 0 Å². The molecule has 9 heteroatoms. The Bertz CT molecular complexity index is 1120. The summed E-state index contributed by atoms with van der Waals surface area (Å²) in [6, 6.07) is 18.0. The lowest BCUT2D eigenvalue weighted by atomic mass is 10.1.